The van der Waals surface area contributed by atoms with Crippen LogP contribution in [0.25, 0.3) is 0 Å². The van der Waals surface area contributed by atoms with Gasteiger partial charge in [0.1, 0.15) is 11.4 Å². The Hall–Kier alpha value is -2.56. The Morgan fingerprint density at radius 2 is 1.88 bits per heavy atom. The maximum atomic E-state index is 13.9. The largest absolute Gasteiger partial charge is 0.444 e. The van der Waals surface area contributed by atoms with Gasteiger partial charge in [-0.2, -0.15) is 0 Å². The first kappa shape index (κ1) is 17.8. The predicted molar refractivity (Wildman–Crippen MR) is 94.8 cm³/mol. The fraction of sp³-hybridized carbons (Fsp3) is 0.316. The summed E-state index contributed by atoms with van der Waals surface area (Å²) >= 11 is 0. The Morgan fingerprint density at radius 3 is 2.54 bits per heavy atom. The molecule has 0 fully saturated rings. The minimum atomic E-state index is -0.683. The van der Waals surface area contributed by atoms with Gasteiger partial charge in [-0.25, -0.2) is 9.18 Å². The first-order chi connectivity index (χ1) is 11.2. The molecule has 0 saturated carbocycles. The molecule has 2 rings (SSSR count). The standard InChI is InChI=1S/C19H23FN2O2/c1-13-7-5-6-8-14(13)12-21-15-9-10-16(20)17(11-15)22-18(23)24-19(2,3)4/h5-11,21H,12H2,1-4H3,(H,22,23). The molecule has 0 heterocycles. The van der Waals surface area contributed by atoms with Crippen molar-refractivity contribution in [2.24, 2.45) is 0 Å². The van der Waals surface area contributed by atoms with Crippen LogP contribution < -0.4 is 10.6 Å². The van der Waals surface area contributed by atoms with E-state index in [1.807, 2.05) is 31.2 Å². The quantitative estimate of drug-likeness (QED) is 0.820. The van der Waals surface area contributed by atoms with Crippen LogP contribution in [0, 0.1) is 12.7 Å². The Morgan fingerprint density at radius 1 is 1.17 bits per heavy atom. The van der Waals surface area contributed by atoms with Crippen molar-refractivity contribution in [3.63, 3.8) is 0 Å². The summed E-state index contributed by atoms with van der Waals surface area (Å²) in [5.74, 6) is -0.512. The second kappa shape index (κ2) is 7.34. The van der Waals surface area contributed by atoms with Crippen molar-refractivity contribution in [3.8, 4) is 0 Å². The van der Waals surface area contributed by atoms with Crippen LogP contribution in [0.1, 0.15) is 31.9 Å². The van der Waals surface area contributed by atoms with E-state index >= 15 is 0 Å². The number of halogens is 1. The Kier molecular flexibility index (Phi) is 5.44. The van der Waals surface area contributed by atoms with Gasteiger partial charge in [-0.3, -0.25) is 5.32 Å². The molecule has 0 aromatic heterocycles. The van der Waals surface area contributed by atoms with E-state index in [2.05, 4.69) is 10.6 Å². The first-order valence-corrected chi connectivity index (χ1v) is 7.82. The van der Waals surface area contributed by atoms with E-state index < -0.39 is 17.5 Å². The number of benzene rings is 2. The molecule has 24 heavy (non-hydrogen) atoms. The topological polar surface area (TPSA) is 50.4 Å². The lowest BCUT2D eigenvalue weighted by atomic mass is 10.1. The Bertz CT molecular complexity index is 724. The van der Waals surface area contributed by atoms with Crippen LogP contribution >= 0.6 is 0 Å². The molecule has 1 amide bonds. The average molecular weight is 330 g/mol. The van der Waals surface area contributed by atoms with Gasteiger partial charge in [0, 0.05) is 12.2 Å². The molecule has 2 aromatic rings. The zero-order chi connectivity index (χ0) is 17.7. The van der Waals surface area contributed by atoms with Crippen molar-refractivity contribution in [3.05, 3.63) is 59.4 Å². The number of ether oxygens (including phenoxy) is 1. The molecule has 0 aliphatic heterocycles. The van der Waals surface area contributed by atoms with Gasteiger partial charge in [0.15, 0.2) is 0 Å². The van der Waals surface area contributed by atoms with Gasteiger partial charge < -0.3 is 10.1 Å². The first-order valence-electron chi connectivity index (χ1n) is 7.82. The van der Waals surface area contributed by atoms with E-state index in [-0.39, 0.29) is 5.69 Å². The smallest absolute Gasteiger partial charge is 0.412 e. The molecule has 0 spiro atoms. The molecule has 0 bridgehead atoms. The number of rotatable bonds is 4. The highest BCUT2D eigenvalue weighted by atomic mass is 19.1. The van der Waals surface area contributed by atoms with Gasteiger partial charge in [-0.05, 0) is 57.0 Å². The number of carbonyl (C=O) groups excluding carboxylic acids is 1. The van der Waals surface area contributed by atoms with Crippen molar-refractivity contribution in [2.75, 3.05) is 10.6 Å². The minimum Gasteiger partial charge on any atom is -0.444 e. The molecule has 0 saturated heterocycles. The lowest BCUT2D eigenvalue weighted by molar-refractivity contribution is 0.0635. The molecule has 2 aromatic carbocycles. The van der Waals surface area contributed by atoms with Gasteiger partial charge in [0.2, 0.25) is 0 Å². The second-order valence-electron chi connectivity index (χ2n) is 6.60. The van der Waals surface area contributed by atoms with Crippen molar-refractivity contribution < 1.29 is 13.9 Å². The Labute approximate surface area is 142 Å². The zero-order valence-electron chi connectivity index (χ0n) is 14.4. The van der Waals surface area contributed by atoms with E-state index in [4.69, 9.17) is 4.74 Å². The summed E-state index contributed by atoms with van der Waals surface area (Å²) in [5.41, 5.74) is 2.49. The van der Waals surface area contributed by atoms with Gasteiger partial charge in [-0.1, -0.05) is 24.3 Å². The van der Waals surface area contributed by atoms with Gasteiger partial charge in [-0.15, -0.1) is 0 Å². The lowest BCUT2D eigenvalue weighted by Gasteiger charge is -2.20. The molecule has 0 atom stereocenters. The molecule has 0 aliphatic carbocycles. The van der Waals surface area contributed by atoms with Crippen LogP contribution in [0.3, 0.4) is 0 Å². The molecule has 0 unspecified atom stereocenters. The van der Waals surface area contributed by atoms with E-state index in [1.54, 1.807) is 32.9 Å². The highest BCUT2D eigenvalue weighted by molar-refractivity contribution is 5.85. The lowest BCUT2D eigenvalue weighted by Crippen LogP contribution is -2.27. The number of aryl methyl sites for hydroxylation is 1. The van der Waals surface area contributed by atoms with Crippen LogP contribution in [0.15, 0.2) is 42.5 Å². The van der Waals surface area contributed by atoms with Gasteiger partial charge >= 0.3 is 6.09 Å². The SMILES string of the molecule is Cc1ccccc1CNc1ccc(F)c(NC(=O)OC(C)(C)C)c1. The van der Waals surface area contributed by atoms with Crippen molar-refractivity contribution in [1.29, 1.82) is 0 Å². The van der Waals surface area contributed by atoms with Gasteiger partial charge in [0.25, 0.3) is 0 Å². The van der Waals surface area contributed by atoms with E-state index in [0.29, 0.717) is 12.2 Å². The summed E-state index contributed by atoms with van der Waals surface area (Å²) in [4.78, 5) is 11.8. The number of amides is 1. The summed E-state index contributed by atoms with van der Waals surface area (Å²) in [6.45, 7) is 7.91. The second-order valence-corrected chi connectivity index (χ2v) is 6.60. The molecule has 2 N–H and O–H groups in total. The van der Waals surface area contributed by atoms with Crippen LogP contribution in [0.4, 0.5) is 20.6 Å². The third kappa shape index (κ3) is 5.26. The summed E-state index contributed by atoms with van der Waals surface area (Å²) in [6.07, 6.45) is -0.683. The van der Waals surface area contributed by atoms with Crippen LogP contribution in [0.5, 0.6) is 0 Å². The van der Waals surface area contributed by atoms with Gasteiger partial charge in [0.05, 0.1) is 5.69 Å². The maximum absolute atomic E-state index is 13.9. The normalized spacial score (nSPS) is 11.0. The number of anilines is 2. The number of carbonyl (C=O) groups is 1. The molecule has 0 aliphatic rings. The maximum Gasteiger partial charge on any atom is 0.412 e. The average Bonchev–Trinajstić information content (AvgIpc) is 2.47. The molecular formula is C19H23FN2O2. The number of nitrogens with one attached hydrogen (secondary N) is 2. The fourth-order valence-corrected chi connectivity index (χ4v) is 2.15. The third-order valence-electron chi connectivity index (χ3n) is 3.35. The van der Waals surface area contributed by atoms with E-state index in [0.717, 1.165) is 5.56 Å². The molecular weight excluding hydrogens is 307 g/mol. The molecule has 4 nitrogen and oxygen atoms in total. The van der Waals surface area contributed by atoms with E-state index in [1.165, 1.54) is 11.6 Å². The zero-order valence-corrected chi connectivity index (χ0v) is 14.4. The minimum absolute atomic E-state index is 0.0824. The predicted octanol–water partition coefficient (Wildman–Crippen LogP) is 5.09. The monoisotopic (exact) mass is 330 g/mol. The fourth-order valence-electron chi connectivity index (χ4n) is 2.15. The van der Waals surface area contributed by atoms with Crippen molar-refractivity contribution in [1.82, 2.24) is 0 Å². The van der Waals surface area contributed by atoms with Crippen LogP contribution in [-0.4, -0.2) is 11.7 Å². The third-order valence-corrected chi connectivity index (χ3v) is 3.35. The number of hydrogen-bond acceptors (Lipinski definition) is 3. The highest BCUT2D eigenvalue weighted by Crippen LogP contribution is 2.21. The number of hydrogen-bond donors (Lipinski definition) is 2. The van der Waals surface area contributed by atoms with Crippen LogP contribution in [0.2, 0.25) is 0 Å². The van der Waals surface area contributed by atoms with Crippen molar-refractivity contribution >= 4 is 17.5 Å². The van der Waals surface area contributed by atoms with Crippen LogP contribution in [-0.2, 0) is 11.3 Å². The Balaban J connectivity index is 2.05. The molecule has 5 heteroatoms. The van der Waals surface area contributed by atoms with Crippen molar-refractivity contribution in [2.45, 2.75) is 39.8 Å². The summed E-state index contributed by atoms with van der Waals surface area (Å²) in [5, 5.41) is 5.67. The van der Waals surface area contributed by atoms with E-state index in [9.17, 15) is 9.18 Å². The summed E-state index contributed by atoms with van der Waals surface area (Å²) in [7, 11) is 0. The summed E-state index contributed by atoms with van der Waals surface area (Å²) < 4.78 is 19.0. The highest BCUT2D eigenvalue weighted by Gasteiger charge is 2.17. The molecule has 0 radical (unpaired) electrons. The molecule has 128 valence electrons. The summed E-state index contributed by atoms with van der Waals surface area (Å²) in [6, 6.07) is 12.5.